The minimum atomic E-state index is -5.13. The largest absolute Gasteiger partial charge is 0.596 e. The van der Waals surface area contributed by atoms with Gasteiger partial charge >= 0.3 is 15.6 Å². The molecule has 0 aromatic heterocycles. The molecule has 0 radical (unpaired) electrons. The summed E-state index contributed by atoms with van der Waals surface area (Å²) in [4.78, 5) is 17.7. The molecule has 2 aromatic carbocycles. The van der Waals surface area contributed by atoms with Crippen LogP contribution < -0.4 is 9.05 Å². The maximum Gasteiger partial charge on any atom is 0.596 e. The zero-order valence-corrected chi connectivity index (χ0v) is 12.8. The first-order valence-electron chi connectivity index (χ1n) is 5.86. The summed E-state index contributed by atoms with van der Waals surface area (Å²) in [5, 5.41) is 9.17. The molecule has 2 rings (SSSR count). The van der Waals surface area contributed by atoms with Crippen molar-refractivity contribution in [1.29, 1.82) is 0 Å². The molecule has 2 aromatic rings. The van der Waals surface area contributed by atoms with Crippen molar-refractivity contribution < 1.29 is 37.4 Å². The van der Waals surface area contributed by atoms with E-state index in [9.17, 15) is 9.13 Å². The third kappa shape index (κ3) is 5.18. The number of phenols is 1. The van der Waals surface area contributed by atoms with Gasteiger partial charge in [-0.3, -0.25) is 0 Å². The van der Waals surface area contributed by atoms with E-state index < -0.39 is 15.6 Å². The smallest absolute Gasteiger partial charge is 0.508 e. The molecule has 0 aliphatic heterocycles. The lowest BCUT2D eigenvalue weighted by atomic mass is 10.3. The highest BCUT2D eigenvalue weighted by molar-refractivity contribution is 7.61. The average Bonchev–Trinajstić information content (AvgIpc) is 2.40. The number of para-hydroxylation sites is 1. The highest BCUT2D eigenvalue weighted by atomic mass is 31.3. The van der Waals surface area contributed by atoms with E-state index in [0.29, 0.717) is 0 Å². The van der Waals surface area contributed by atoms with E-state index in [0.717, 1.165) is 0 Å². The van der Waals surface area contributed by atoms with Gasteiger partial charge < -0.3 is 23.9 Å². The molecule has 0 saturated heterocycles. The second kappa shape index (κ2) is 6.52. The molecule has 0 aliphatic rings. The normalized spacial score (nSPS) is 14.1. The van der Waals surface area contributed by atoms with E-state index in [2.05, 4.69) is 4.31 Å². The first kappa shape index (κ1) is 16.5. The topological polar surface area (TPSA) is 123 Å². The zero-order valence-electron chi connectivity index (χ0n) is 11.0. The van der Waals surface area contributed by atoms with Crippen molar-refractivity contribution in [3.05, 3.63) is 54.6 Å². The average molecular weight is 346 g/mol. The summed E-state index contributed by atoms with van der Waals surface area (Å²) >= 11 is 0. The predicted molar refractivity (Wildman–Crippen MR) is 76.5 cm³/mol. The Labute approximate surface area is 125 Å². The van der Waals surface area contributed by atoms with Crippen molar-refractivity contribution >= 4 is 15.6 Å². The monoisotopic (exact) mass is 346 g/mol. The number of aromatic hydroxyl groups is 1. The Morgan fingerprint density at radius 3 is 1.77 bits per heavy atom. The molecule has 0 spiro atoms. The number of phosphoric ester groups is 1. The van der Waals surface area contributed by atoms with Crippen LogP contribution in [0.25, 0.3) is 0 Å². The van der Waals surface area contributed by atoms with Crippen LogP contribution in [-0.2, 0) is 13.4 Å². The Hall–Kier alpha value is -1.82. The summed E-state index contributed by atoms with van der Waals surface area (Å²) in [6, 6.07) is 12.6. The number of phenolic OH excluding ortho intramolecular Hbond substituents is 1. The van der Waals surface area contributed by atoms with E-state index in [1.54, 1.807) is 18.2 Å². The van der Waals surface area contributed by atoms with Gasteiger partial charge in [0.15, 0.2) is 0 Å². The van der Waals surface area contributed by atoms with E-state index >= 15 is 0 Å². The Morgan fingerprint density at radius 2 is 1.27 bits per heavy atom. The fourth-order valence-electron chi connectivity index (χ4n) is 1.43. The molecule has 0 bridgehead atoms. The highest BCUT2D eigenvalue weighted by Gasteiger charge is 2.39. The number of benzene rings is 2. The van der Waals surface area contributed by atoms with Gasteiger partial charge in [0.1, 0.15) is 17.2 Å². The molecule has 0 amide bonds. The Kier molecular flexibility index (Phi) is 4.90. The van der Waals surface area contributed by atoms with E-state index in [1.807, 2.05) is 0 Å². The summed E-state index contributed by atoms with van der Waals surface area (Å²) in [5.74, 6) is -0.0920. The molecule has 3 N–H and O–H groups in total. The van der Waals surface area contributed by atoms with Crippen LogP contribution in [0.2, 0.25) is 0 Å². The van der Waals surface area contributed by atoms with Gasteiger partial charge in [-0.1, -0.05) is 18.2 Å². The quantitative estimate of drug-likeness (QED) is 0.682. The van der Waals surface area contributed by atoms with Crippen molar-refractivity contribution in [3.63, 3.8) is 0 Å². The third-order valence-corrected chi connectivity index (χ3v) is 4.74. The van der Waals surface area contributed by atoms with Crippen LogP contribution in [0.4, 0.5) is 0 Å². The van der Waals surface area contributed by atoms with Gasteiger partial charge in [-0.2, -0.15) is 4.31 Å². The summed E-state index contributed by atoms with van der Waals surface area (Å²) in [5.41, 5.74) is 0. The maximum atomic E-state index is 12.4. The van der Waals surface area contributed by atoms with Crippen molar-refractivity contribution in [1.82, 2.24) is 0 Å². The van der Waals surface area contributed by atoms with E-state index in [4.69, 9.17) is 23.9 Å². The molecule has 1 unspecified atom stereocenters. The van der Waals surface area contributed by atoms with Crippen LogP contribution >= 0.6 is 15.6 Å². The van der Waals surface area contributed by atoms with Crippen LogP contribution in [-0.4, -0.2) is 14.9 Å². The first-order chi connectivity index (χ1) is 10.3. The van der Waals surface area contributed by atoms with Crippen LogP contribution in [0, 0.1) is 0 Å². The van der Waals surface area contributed by atoms with Crippen LogP contribution in [0.3, 0.4) is 0 Å². The molecule has 0 fully saturated rings. The standard InChI is InChI=1S/C12H12O8P2/c13-10-6-8-12(9-7-10)19-22(17,20-21(14,15)16)18-11-4-2-1-3-5-11/h1-9,13H,(H2,14,15,16). The lowest BCUT2D eigenvalue weighted by Crippen LogP contribution is -2.04. The van der Waals surface area contributed by atoms with Gasteiger partial charge in [-0.25, -0.2) is 9.13 Å². The lowest BCUT2D eigenvalue weighted by molar-refractivity contribution is 0.233. The summed E-state index contributed by atoms with van der Waals surface area (Å²) in [6.07, 6.45) is 0. The molecule has 0 aliphatic carbocycles. The zero-order chi connectivity index (χ0) is 16.2. The molecule has 0 saturated carbocycles. The molecule has 118 valence electrons. The molecule has 1 atom stereocenters. The molecule has 22 heavy (non-hydrogen) atoms. The number of hydrogen-bond acceptors (Lipinski definition) is 6. The Balaban J connectivity index is 2.27. The summed E-state index contributed by atoms with van der Waals surface area (Å²) in [6.45, 7) is 0. The number of hydrogen-bond donors (Lipinski definition) is 3. The Bertz CT molecular complexity index is 710. The molecular formula is C12H12O8P2. The minimum absolute atomic E-state index is 0.0399. The lowest BCUT2D eigenvalue weighted by Gasteiger charge is -2.19. The van der Waals surface area contributed by atoms with E-state index in [1.165, 1.54) is 36.4 Å². The van der Waals surface area contributed by atoms with Crippen molar-refractivity contribution in [3.8, 4) is 17.2 Å². The van der Waals surface area contributed by atoms with Gasteiger partial charge in [0.2, 0.25) is 0 Å². The second-order valence-corrected chi connectivity index (χ2v) is 6.90. The molecule has 10 heteroatoms. The van der Waals surface area contributed by atoms with Crippen LogP contribution in [0.1, 0.15) is 0 Å². The fraction of sp³-hybridized carbons (Fsp3) is 0. The maximum absolute atomic E-state index is 12.4. The summed E-state index contributed by atoms with van der Waals surface area (Å²) < 4.78 is 37.5. The molecule has 0 heterocycles. The molecule has 8 nitrogen and oxygen atoms in total. The van der Waals surface area contributed by atoms with Gasteiger partial charge in [-0.05, 0) is 36.4 Å². The van der Waals surface area contributed by atoms with Gasteiger partial charge in [0, 0.05) is 0 Å². The third-order valence-electron chi connectivity index (χ3n) is 2.22. The second-order valence-electron chi connectivity index (χ2n) is 4.01. The van der Waals surface area contributed by atoms with E-state index in [-0.39, 0.29) is 17.2 Å². The first-order valence-corrected chi connectivity index (χ1v) is 8.85. The van der Waals surface area contributed by atoms with Crippen molar-refractivity contribution in [2.45, 2.75) is 0 Å². The van der Waals surface area contributed by atoms with Crippen LogP contribution in [0.5, 0.6) is 17.2 Å². The van der Waals surface area contributed by atoms with Crippen molar-refractivity contribution in [2.24, 2.45) is 0 Å². The predicted octanol–water partition coefficient (Wildman–Crippen LogP) is 3.07. The highest BCUT2D eigenvalue weighted by Crippen LogP contribution is 2.60. The minimum Gasteiger partial charge on any atom is -0.508 e. The SMILES string of the molecule is O=P(O)(O)OP(=O)(Oc1ccccc1)Oc1ccc(O)cc1. The van der Waals surface area contributed by atoms with Gasteiger partial charge in [0.25, 0.3) is 0 Å². The fourth-order valence-corrected chi connectivity index (χ4v) is 3.53. The van der Waals surface area contributed by atoms with Crippen LogP contribution in [0.15, 0.2) is 54.6 Å². The summed E-state index contributed by atoms with van der Waals surface area (Å²) in [7, 11) is -9.78. The van der Waals surface area contributed by atoms with Crippen molar-refractivity contribution in [2.75, 3.05) is 0 Å². The number of phosphoric acid groups is 2. The van der Waals surface area contributed by atoms with Gasteiger partial charge in [-0.15, -0.1) is 0 Å². The molecular weight excluding hydrogens is 334 g/mol. The number of rotatable bonds is 6. The van der Waals surface area contributed by atoms with Gasteiger partial charge in [0.05, 0.1) is 0 Å². The Morgan fingerprint density at radius 1 is 0.773 bits per heavy atom.